The minimum atomic E-state index is -2.66. The van der Waals surface area contributed by atoms with Gasteiger partial charge in [0.2, 0.25) is 5.91 Å². The summed E-state index contributed by atoms with van der Waals surface area (Å²) >= 11 is 6.18. The number of carbonyl (C=O) groups is 2. The Morgan fingerprint density at radius 2 is 1.77 bits per heavy atom. The highest BCUT2D eigenvalue weighted by Gasteiger charge is 2.38. The number of aryl methyl sites for hydroxylation is 2. The Hall–Kier alpha value is -6.12. The third kappa shape index (κ3) is 9.62. The third-order valence-corrected chi connectivity index (χ3v) is 15.5. The predicted octanol–water partition coefficient (Wildman–Crippen LogP) is 8.20. The van der Waals surface area contributed by atoms with Gasteiger partial charge in [0.25, 0.3) is 12.3 Å². The lowest BCUT2D eigenvalue weighted by atomic mass is 9.90. The highest BCUT2D eigenvalue weighted by Crippen LogP contribution is 2.44. The Labute approximate surface area is 406 Å². The molecule has 7 heterocycles. The summed E-state index contributed by atoms with van der Waals surface area (Å²) in [5.74, 6) is 2.37. The van der Waals surface area contributed by atoms with E-state index in [1.165, 1.54) is 0 Å². The summed E-state index contributed by atoms with van der Waals surface area (Å²) < 4.78 is 39.6. The van der Waals surface area contributed by atoms with E-state index in [2.05, 4.69) is 53.0 Å². The smallest absolute Gasteiger partial charge is 0.272 e. The number of halogens is 3. The molecule has 0 radical (unpaired) electrons. The van der Waals surface area contributed by atoms with Crippen LogP contribution >= 0.6 is 11.6 Å². The summed E-state index contributed by atoms with van der Waals surface area (Å²) in [6.45, 7) is 9.21. The zero-order valence-electron chi connectivity index (χ0n) is 39.5. The average Bonchev–Trinajstić information content (AvgIpc) is 3.97. The molecule has 10 rings (SSSR count). The van der Waals surface area contributed by atoms with E-state index >= 15 is 0 Å². The Balaban J connectivity index is 0.756. The number of nitriles is 1. The van der Waals surface area contributed by atoms with Gasteiger partial charge in [-0.15, -0.1) is 10.2 Å². The number of aromatic nitrogens is 6. The third-order valence-electron chi connectivity index (χ3n) is 15.1. The van der Waals surface area contributed by atoms with Crippen LogP contribution in [0, 0.1) is 17.2 Å². The predicted molar refractivity (Wildman–Crippen MR) is 258 cm³/mol. The molecular formula is C51H59ClF2N12O3. The molecule has 0 spiro atoms. The van der Waals surface area contributed by atoms with Crippen LogP contribution in [0.15, 0.2) is 54.9 Å². The van der Waals surface area contributed by atoms with Crippen molar-refractivity contribution < 1.29 is 23.1 Å². The number of fused-ring (bicyclic) bond motifs is 2. The fraction of sp³-hybridized carbons (Fsp3) is 0.510. The van der Waals surface area contributed by atoms with E-state index in [4.69, 9.17) is 26.7 Å². The first-order chi connectivity index (χ1) is 33.4. The number of hydrogen-bond acceptors (Lipinski definition) is 11. The number of nitrogens with zero attached hydrogens (tertiary/aromatic N) is 11. The topological polar surface area (TPSA) is 154 Å². The second-order valence-corrected chi connectivity index (χ2v) is 20.0. The number of likely N-dealkylation sites (tertiary alicyclic amines) is 1. The number of benzene rings is 2. The van der Waals surface area contributed by atoms with Crippen molar-refractivity contribution in [3.8, 4) is 22.9 Å². The Morgan fingerprint density at radius 3 is 2.45 bits per heavy atom. The van der Waals surface area contributed by atoms with E-state index in [0.29, 0.717) is 71.2 Å². The monoisotopic (exact) mass is 960 g/mol. The van der Waals surface area contributed by atoms with Crippen LogP contribution in [0.4, 0.5) is 26.1 Å². The maximum absolute atomic E-state index is 14.8. The van der Waals surface area contributed by atoms with Gasteiger partial charge in [0.15, 0.2) is 17.3 Å². The molecule has 0 unspecified atom stereocenters. The Kier molecular flexibility index (Phi) is 13.3. The number of ether oxygens (including phenoxy) is 1. The van der Waals surface area contributed by atoms with Gasteiger partial charge in [0.1, 0.15) is 11.8 Å². The van der Waals surface area contributed by atoms with Crippen molar-refractivity contribution in [3.05, 3.63) is 93.5 Å². The van der Waals surface area contributed by atoms with Crippen molar-refractivity contribution in [3.63, 3.8) is 0 Å². The van der Waals surface area contributed by atoms with Crippen LogP contribution in [0.2, 0.25) is 5.02 Å². The highest BCUT2D eigenvalue weighted by molar-refractivity contribution is 6.31. The van der Waals surface area contributed by atoms with Crippen LogP contribution in [0.3, 0.4) is 0 Å². The number of alkyl halides is 2. The number of nitrogens with one attached hydrogen (secondary N) is 1. The summed E-state index contributed by atoms with van der Waals surface area (Å²) in [5, 5.41) is 31.2. The van der Waals surface area contributed by atoms with Crippen molar-refractivity contribution in [2.24, 2.45) is 13.0 Å². The molecule has 2 saturated heterocycles. The molecule has 5 aromatic rings. The molecule has 2 aromatic carbocycles. The van der Waals surface area contributed by atoms with Gasteiger partial charge in [0.05, 0.1) is 35.5 Å². The van der Waals surface area contributed by atoms with E-state index in [9.17, 15) is 18.4 Å². The zero-order chi connectivity index (χ0) is 47.9. The second-order valence-electron chi connectivity index (χ2n) is 19.6. The minimum absolute atomic E-state index is 0.0111. The fourth-order valence-corrected chi connectivity index (χ4v) is 11.7. The van der Waals surface area contributed by atoms with Gasteiger partial charge in [-0.3, -0.25) is 23.9 Å². The van der Waals surface area contributed by atoms with Crippen molar-refractivity contribution in [1.29, 1.82) is 5.26 Å². The lowest BCUT2D eigenvalue weighted by Crippen LogP contribution is -2.52. The van der Waals surface area contributed by atoms with E-state index in [-0.39, 0.29) is 35.6 Å². The molecule has 4 aliphatic heterocycles. The van der Waals surface area contributed by atoms with E-state index < -0.39 is 6.43 Å². The highest BCUT2D eigenvalue weighted by atomic mass is 35.5. The molecule has 5 aliphatic rings. The molecule has 0 bridgehead atoms. The van der Waals surface area contributed by atoms with Gasteiger partial charge in [-0.1, -0.05) is 18.5 Å². The van der Waals surface area contributed by atoms with Crippen LogP contribution in [0.1, 0.15) is 116 Å². The van der Waals surface area contributed by atoms with Gasteiger partial charge in [-0.2, -0.15) is 15.5 Å². The average molecular weight is 962 g/mol. The maximum atomic E-state index is 14.8. The van der Waals surface area contributed by atoms with Crippen LogP contribution in [0.25, 0.3) is 11.1 Å². The normalized spacial score (nSPS) is 22.3. The van der Waals surface area contributed by atoms with Crippen molar-refractivity contribution in [1.82, 2.24) is 44.9 Å². The van der Waals surface area contributed by atoms with Crippen molar-refractivity contribution in [2.75, 3.05) is 49.1 Å². The number of amides is 2. The molecular weight excluding hydrogens is 902 g/mol. The zero-order valence-corrected chi connectivity index (χ0v) is 40.2. The molecule has 1 N–H and O–H groups in total. The lowest BCUT2D eigenvalue weighted by Gasteiger charge is -2.45. The molecule has 1 saturated carbocycles. The second kappa shape index (κ2) is 19.7. The summed E-state index contributed by atoms with van der Waals surface area (Å²) in [7, 11) is 1.79. The maximum Gasteiger partial charge on any atom is 0.272 e. The number of carbonyl (C=O) groups excluding carboxylic acids is 2. The number of rotatable bonds is 10. The molecule has 69 heavy (non-hydrogen) atoms. The van der Waals surface area contributed by atoms with Crippen molar-refractivity contribution >= 4 is 40.7 Å². The Morgan fingerprint density at radius 1 is 0.957 bits per heavy atom. The largest absolute Gasteiger partial charge is 0.490 e. The lowest BCUT2D eigenvalue weighted by molar-refractivity contribution is -0.129. The van der Waals surface area contributed by atoms with Crippen molar-refractivity contribution in [2.45, 2.75) is 115 Å². The molecule has 362 valence electrons. The fourth-order valence-electron chi connectivity index (χ4n) is 11.5. The first-order valence-electron chi connectivity index (χ1n) is 24.5. The summed E-state index contributed by atoms with van der Waals surface area (Å²) in [4.78, 5) is 34.9. The van der Waals surface area contributed by atoms with E-state index in [1.54, 1.807) is 61.4 Å². The van der Waals surface area contributed by atoms with Crippen LogP contribution in [-0.2, 0) is 31.2 Å². The van der Waals surface area contributed by atoms with Crippen LogP contribution in [-0.4, -0.2) is 109 Å². The summed E-state index contributed by atoms with van der Waals surface area (Å²) in [6, 6.07) is 15.0. The number of anilines is 3. The van der Waals surface area contributed by atoms with Gasteiger partial charge in [-0.25, -0.2) is 8.78 Å². The molecule has 3 aromatic heterocycles. The molecule has 1 aliphatic carbocycles. The van der Waals surface area contributed by atoms with E-state index in [1.807, 2.05) is 17.0 Å². The molecule has 2 amide bonds. The van der Waals surface area contributed by atoms with Crippen LogP contribution in [0.5, 0.6) is 5.75 Å². The molecule has 3 fully saturated rings. The van der Waals surface area contributed by atoms with Crippen LogP contribution < -0.4 is 19.9 Å². The SMILES string of the molecule is CC(=O)N1CCc2c(c(N3CCCc4cc(-c5cnn(C)c5)c(C(F)F)cc43)nn2C2CCN([C@@H]3CCN(c4ccc(C(=O)NC5CCC(Oc6ccc(C#N)c(Cl)c6)CC5)nn4)C[C@@H]3C)CC2)C1. The summed E-state index contributed by atoms with van der Waals surface area (Å²) in [5.41, 5.74) is 5.84. The number of hydrogen-bond donors (Lipinski definition) is 1. The van der Waals surface area contributed by atoms with E-state index in [0.717, 1.165) is 118 Å². The number of piperidine rings is 2. The molecule has 2 atom stereocenters. The van der Waals surface area contributed by atoms with Gasteiger partial charge in [0, 0.05) is 112 Å². The minimum Gasteiger partial charge on any atom is -0.490 e. The molecule has 18 heteroatoms. The first kappa shape index (κ1) is 46.6. The van der Waals surface area contributed by atoms with Gasteiger partial charge < -0.3 is 24.8 Å². The Bertz CT molecular complexity index is 2740. The van der Waals surface area contributed by atoms with Gasteiger partial charge in [-0.05, 0) is 111 Å². The summed E-state index contributed by atoms with van der Waals surface area (Å²) in [6.07, 6.45) is 9.10. The first-order valence-corrected chi connectivity index (χ1v) is 24.9. The van der Waals surface area contributed by atoms with Gasteiger partial charge >= 0.3 is 0 Å². The molecule has 15 nitrogen and oxygen atoms in total. The quantitative estimate of drug-likeness (QED) is 0.144. The standard InChI is InChI=1S/C51H59ClF2N12O3/c1-31-28-64(48-13-12-44(58-59-48)51(68)57-36-7-10-38(11-8-36)69-39-9-6-34(26-55)43(52)24-39)22-16-45(31)62-19-14-37(15-20-62)66-46-17-21-63(32(2)67)30-42(46)50(60-66)65-18-4-5-33-23-40(35-27-56-61(3)29-35)41(49(53)54)25-47(33)65/h6,9,12-13,23-25,27,29,31,36-38,45,49H,4-5,7-8,10-11,14-22,28,30H2,1-3H3,(H,57,68)/t31-,36?,38?,45+/m0/s1.